The van der Waals surface area contributed by atoms with Gasteiger partial charge in [-0.25, -0.2) is 4.98 Å². The fourth-order valence-corrected chi connectivity index (χ4v) is 4.38. The Kier molecular flexibility index (Phi) is 4.92. The standard InChI is InChI=1S/C23H20N2O2S/c1-3-16-9-11-17(12-10-16)19(26)13-25-14-24-22-21(23(25)27)20(15(2)28-22)18-7-5-4-6-8-18/h4-12,14H,3,13H2,1-2H3. The van der Waals surface area contributed by atoms with Gasteiger partial charge in [-0.15, -0.1) is 11.3 Å². The lowest BCUT2D eigenvalue weighted by molar-refractivity contribution is 0.0970. The van der Waals surface area contributed by atoms with Crippen LogP contribution in [0.15, 0.2) is 65.7 Å². The fourth-order valence-electron chi connectivity index (χ4n) is 3.37. The number of aryl methyl sites for hydroxylation is 2. The Morgan fingerprint density at radius 2 is 1.79 bits per heavy atom. The molecule has 0 N–H and O–H groups in total. The van der Waals surface area contributed by atoms with Gasteiger partial charge in [0.15, 0.2) is 5.78 Å². The first kappa shape index (κ1) is 18.3. The Balaban J connectivity index is 1.75. The molecule has 4 rings (SSSR count). The number of nitrogens with zero attached hydrogens (tertiary/aromatic N) is 2. The molecule has 2 aromatic carbocycles. The average molecular weight is 388 g/mol. The van der Waals surface area contributed by atoms with Gasteiger partial charge < -0.3 is 0 Å². The SMILES string of the molecule is CCc1ccc(C(=O)Cn2cnc3sc(C)c(-c4ccccc4)c3c2=O)cc1. The molecule has 28 heavy (non-hydrogen) atoms. The van der Waals surface area contributed by atoms with Crippen LogP contribution in [0.3, 0.4) is 0 Å². The van der Waals surface area contributed by atoms with Crippen LogP contribution in [0.5, 0.6) is 0 Å². The summed E-state index contributed by atoms with van der Waals surface area (Å²) in [5.74, 6) is -0.0980. The van der Waals surface area contributed by atoms with Crippen LogP contribution in [0.25, 0.3) is 21.3 Å². The van der Waals surface area contributed by atoms with E-state index >= 15 is 0 Å². The highest BCUT2D eigenvalue weighted by atomic mass is 32.1. The minimum absolute atomic E-state index is 0.0175. The molecule has 0 amide bonds. The molecular weight excluding hydrogens is 368 g/mol. The Bertz CT molecular complexity index is 1210. The van der Waals surface area contributed by atoms with Gasteiger partial charge in [0, 0.05) is 16.0 Å². The van der Waals surface area contributed by atoms with E-state index in [4.69, 9.17) is 0 Å². The van der Waals surface area contributed by atoms with Crippen LogP contribution in [-0.2, 0) is 13.0 Å². The number of Topliss-reactive ketones (excluding diaryl/α,β-unsaturated/α-hetero) is 1. The van der Waals surface area contributed by atoms with Crippen molar-refractivity contribution in [2.24, 2.45) is 0 Å². The topological polar surface area (TPSA) is 52.0 Å². The lowest BCUT2D eigenvalue weighted by Gasteiger charge is -2.07. The third-order valence-electron chi connectivity index (χ3n) is 4.92. The smallest absolute Gasteiger partial charge is 0.263 e. The van der Waals surface area contributed by atoms with E-state index in [0.717, 1.165) is 22.4 Å². The van der Waals surface area contributed by atoms with Gasteiger partial charge in [0.25, 0.3) is 5.56 Å². The number of thiophene rings is 1. The molecule has 0 aliphatic carbocycles. The van der Waals surface area contributed by atoms with Gasteiger partial charge in [-0.2, -0.15) is 0 Å². The highest BCUT2D eigenvalue weighted by Gasteiger charge is 2.18. The second-order valence-corrected chi connectivity index (χ2v) is 7.93. The van der Waals surface area contributed by atoms with E-state index in [0.29, 0.717) is 15.8 Å². The maximum absolute atomic E-state index is 13.2. The molecule has 4 aromatic rings. The number of benzene rings is 2. The molecule has 2 heterocycles. The van der Waals surface area contributed by atoms with Crippen LogP contribution in [0, 0.1) is 6.92 Å². The van der Waals surface area contributed by atoms with Crippen molar-refractivity contribution in [3.05, 3.63) is 87.3 Å². The largest absolute Gasteiger partial charge is 0.292 e. The minimum atomic E-state index is -0.174. The molecule has 0 aliphatic rings. The Morgan fingerprint density at radius 3 is 2.46 bits per heavy atom. The summed E-state index contributed by atoms with van der Waals surface area (Å²) in [5.41, 5.74) is 3.51. The maximum atomic E-state index is 13.2. The second kappa shape index (κ2) is 7.52. The summed E-state index contributed by atoms with van der Waals surface area (Å²) in [6.45, 7) is 4.06. The van der Waals surface area contributed by atoms with E-state index in [1.807, 2.05) is 61.5 Å². The number of carbonyl (C=O) groups excluding carboxylic acids is 1. The van der Waals surface area contributed by atoms with E-state index < -0.39 is 0 Å². The average Bonchev–Trinajstić information content (AvgIpc) is 3.07. The summed E-state index contributed by atoms with van der Waals surface area (Å²) in [7, 11) is 0. The third kappa shape index (κ3) is 3.29. The van der Waals surface area contributed by atoms with E-state index in [9.17, 15) is 9.59 Å². The van der Waals surface area contributed by atoms with Crippen molar-refractivity contribution in [1.82, 2.24) is 9.55 Å². The van der Waals surface area contributed by atoms with E-state index in [1.54, 1.807) is 0 Å². The van der Waals surface area contributed by atoms with Crippen molar-refractivity contribution >= 4 is 27.3 Å². The van der Waals surface area contributed by atoms with Gasteiger partial charge in [-0.3, -0.25) is 14.2 Å². The number of carbonyl (C=O) groups is 1. The van der Waals surface area contributed by atoms with E-state index in [2.05, 4.69) is 11.9 Å². The van der Waals surface area contributed by atoms with E-state index in [-0.39, 0.29) is 17.9 Å². The first-order chi connectivity index (χ1) is 13.6. The molecule has 0 saturated carbocycles. The van der Waals surface area contributed by atoms with Crippen LogP contribution in [0.2, 0.25) is 0 Å². The highest BCUT2D eigenvalue weighted by Crippen LogP contribution is 2.35. The van der Waals surface area contributed by atoms with Gasteiger partial charge in [0.2, 0.25) is 0 Å². The molecule has 4 nitrogen and oxygen atoms in total. The van der Waals surface area contributed by atoms with Crippen LogP contribution in [0.4, 0.5) is 0 Å². The summed E-state index contributed by atoms with van der Waals surface area (Å²) in [6, 6.07) is 17.4. The number of rotatable bonds is 5. The zero-order chi connectivity index (χ0) is 19.7. The molecule has 0 bridgehead atoms. The van der Waals surface area contributed by atoms with Crippen molar-refractivity contribution in [3.63, 3.8) is 0 Å². The monoisotopic (exact) mass is 388 g/mol. The van der Waals surface area contributed by atoms with Gasteiger partial charge in [-0.05, 0) is 24.5 Å². The first-order valence-corrected chi connectivity index (χ1v) is 10.1. The summed E-state index contributed by atoms with van der Waals surface area (Å²) < 4.78 is 1.41. The molecule has 2 aromatic heterocycles. The molecule has 0 unspecified atom stereocenters. The van der Waals surface area contributed by atoms with Crippen LogP contribution >= 0.6 is 11.3 Å². The summed E-state index contributed by atoms with van der Waals surface area (Å²) >= 11 is 1.51. The van der Waals surface area contributed by atoms with Crippen molar-refractivity contribution in [2.75, 3.05) is 0 Å². The van der Waals surface area contributed by atoms with Gasteiger partial charge in [0.1, 0.15) is 4.83 Å². The summed E-state index contributed by atoms with van der Waals surface area (Å²) in [5, 5.41) is 0.588. The molecule has 5 heteroatoms. The van der Waals surface area contributed by atoms with Gasteiger partial charge in [0.05, 0.1) is 18.3 Å². The Labute approximate surface area is 167 Å². The molecule has 0 aliphatic heterocycles. The number of aromatic nitrogens is 2. The molecular formula is C23H20N2O2S. The van der Waals surface area contributed by atoms with Gasteiger partial charge in [-0.1, -0.05) is 61.5 Å². The lowest BCUT2D eigenvalue weighted by atomic mass is 10.0. The Morgan fingerprint density at radius 1 is 1.07 bits per heavy atom. The maximum Gasteiger partial charge on any atom is 0.263 e. The zero-order valence-electron chi connectivity index (χ0n) is 15.8. The zero-order valence-corrected chi connectivity index (χ0v) is 16.6. The van der Waals surface area contributed by atoms with Crippen molar-refractivity contribution in [1.29, 1.82) is 0 Å². The normalized spacial score (nSPS) is 11.1. The first-order valence-electron chi connectivity index (χ1n) is 9.24. The Hall–Kier alpha value is -3.05. The molecule has 0 radical (unpaired) electrons. The fraction of sp³-hybridized carbons (Fsp3) is 0.174. The molecule has 0 spiro atoms. The number of hydrogen-bond acceptors (Lipinski definition) is 4. The lowest BCUT2D eigenvalue weighted by Crippen LogP contribution is -2.24. The quantitative estimate of drug-likeness (QED) is 0.458. The van der Waals surface area contributed by atoms with Crippen molar-refractivity contribution < 1.29 is 4.79 Å². The third-order valence-corrected chi connectivity index (χ3v) is 5.93. The molecule has 0 saturated heterocycles. The predicted molar refractivity (Wildman–Crippen MR) is 114 cm³/mol. The number of hydrogen-bond donors (Lipinski definition) is 0. The number of ketones is 1. The van der Waals surface area contributed by atoms with Crippen molar-refractivity contribution in [2.45, 2.75) is 26.8 Å². The highest BCUT2D eigenvalue weighted by molar-refractivity contribution is 7.19. The molecule has 0 fully saturated rings. The minimum Gasteiger partial charge on any atom is -0.292 e. The second-order valence-electron chi connectivity index (χ2n) is 6.73. The molecule has 140 valence electrons. The van der Waals surface area contributed by atoms with E-state index in [1.165, 1.54) is 27.8 Å². The van der Waals surface area contributed by atoms with Gasteiger partial charge >= 0.3 is 0 Å². The van der Waals surface area contributed by atoms with Crippen LogP contribution in [0.1, 0.15) is 27.7 Å². The summed E-state index contributed by atoms with van der Waals surface area (Å²) in [4.78, 5) is 32.1. The predicted octanol–water partition coefficient (Wildman–Crippen LogP) is 4.88. The van der Waals surface area contributed by atoms with Crippen LogP contribution < -0.4 is 5.56 Å². The van der Waals surface area contributed by atoms with Crippen molar-refractivity contribution in [3.8, 4) is 11.1 Å². The molecule has 0 atom stereocenters. The number of fused-ring (bicyclic) bond motifs is 1. The summed E-state index contributed by atoms with van der Waals surface area (Å²) in [6.07, 6.45) is 2.40. The van der Waals surface area contributed by atoms with Crippen LogP contribution in [-0.4, -0.2) is 15.3 Å².